The molecule has 110 valence electrons. The summed E-state index contributed by atoms with van der Waals surface area (Å²) in [4.78, 5) is 24.4. The van der Waals surface area contributed by atoms with E-state index in [1.807, 2.05) is 13.8 Å². The van der Waals surface area contributed by atoms with Gasteiger partial charge in [-0.2, -0.15) is 0 Å². The highest BCUT2D eigenvalue weighted by atomic mass is 16.4. The second kappa shape index (κ2) is 5.58. The summed E-state index contributed by atoms with van der Waals surface area (Å²) in [5.74, 6) is -0.796. The van der Waals surface area contributed by atoms with Crippen LogP contribution in [0.5, 0.6) is 0 Å². The van der Waals surface area contributed by atoms with Crippen molar-refractivity contribution in [1.82, 2.24) is 19.9 Å². The van der Waals surface area contributed by atoms with Gasteiger partial charge in [0.2, 0.25) is 5.91 Å². The van der Waals surface area contributed by atoms with Gasteiger partial charge < -0.3 is 15.7 Å². The summed E-state index contributed by atoms with van der Waals surface area (Å²) in [5, 5.41) is 16.1. The van der Waals surface area contributed by atoms with Crippen LogP contribution in [-0.2, 0) is 4.79 Å². The van der Waals surface area contributed by atoms with Gasteiger partial charge in [-0.3, -0.25) is 4.79 Å². The van der Waals surface area contributed by atoms with Crippen LogP contribution >= 0.6 is 0 Å². The van der Waals surface area contributed by atoms with E-state index in [9.17, 15) is 9.59 Å². The average Bonchev–Trinajstić information content (AvgIpc) is 2.75. The molecule has 0 aromatic carbocycles. The number of hydrogen-bond donors (Lipinski definition) is 2. The number of nitrogens with two attached hydrogens (primary N) is 1. The van der Waals surface area contributed by atoms with Crippen LogP contribution in [0.3, 0.4) is 0 Å². The molecule has 3 N–H and O–H groups in total. The van der Waals surface area contributed by atoms with Gasteiger partial charge in [-0.05, 0) is 12.3 Å². The standard InChI is InChI=1S/C12H19N5O3/c1-7(2)3-9(13)11(18)16-4-8(5-16)17-6-10(12(19)20)14-15-17/h6-9H,3-5,13H2,1-2H3,(H,19,20)/t9-/m1/s1. The maximum Gasteiger partial charge on any atom is 0.358 e. The van der Waals surface area contributed by atoms with Crippen LogP contribution in [-0.4, -0.2) is 56.0 Å². The van der Waals surface area contributed by atoms with E-state index in [0.717, 1.165) is 0 Å². The Morgan fingerprint density at radius 2 is 2.15 bits per heavy atom. The first-order chi connectivity index (χ1) is 9.38. The molecule has 8 nitrogen and oxygen atoms in total. The van der Waals surface area contributed by atoms with Gasteiger partial charge in [-0.15, -0.1) is 5.10 Å². The summed E-state index contributed by atoms with van der Waals surface area (Å²) in [6.07, 6.45) is 2.04. The molecule has 1 aromatic heterocycles. The minimum atomic E-state index is -1.11. The first kappa shape index (κ1) is 14.4. The lowest BCUT2D eigenvalue weighted by atomic mass is 10.0. The van der Waals surface area contributed by atoms with Gasteiger partial charge in [-0.1, -0.05) is 19.1 Å². The van der Waals surface area contributed by atoms with E-state index >= 15 is 0 Å². The third-order valence-corrected chi connectivity index (χ3v) is 3.32. The number of carbonyl (C=O) groups is 2. The van der Waals surface area contributed by atoms with E-state index in [1.54, 1.807) is 4.90 Å². The van der Waals surface area contributed by atoms with Crippen molar-refractivity contribution >= 4 is 11.9 Å². The topological polar surface area (TPSA) is 114 Å². The van der Waals surface area contributed by atoms with Crippen molar-refractivity contribution in [2.45, 2.75) is 32.4 Å². The molecule has 0 bridgehead atoms. The maximum atomic E-state index is 12.0. The third kappa shape index (κ3) is 2.96. The summed E-state index contributed by atoms with van der Waals surface area (Å²) in [6.45, 7) is 5.03. The van der Waals surface area contributed by atoms with Crippen molar-refractivity contribution in [3.63, 3.8) is 0 Å². The van der Waals surface area contributed by atoms with Gasteiger partial charge in [0, 0.05) is 13.1 Å². The maximum absolute atomic E-state index is 12.0. The van der Waals surface area contributed by atoms with Crippen molar-refractivity contribution in [3.05, 3.63) is 11.9 Å². The van der Waals surface area contributed by atoms with Crippen LogP contribution in [0.1, 0.15) is 36.8 Å². The molecular weight excluding hydrogens is 262 g/mol. The lowest BCUT2D eigenvalue weighted by molar-refractivity contribution is -0.139. The van der Waals surface area contributed by atoms with E-state index in [4.69, 9.17) is 10.8 Å². The number of aromatic carboxylic acids is 1. The molecule has 1 amide bonds. The summed E-state index contributed by atoms with van der Waals surface area (Å²) >= 11 is 0. The molecule has 8 heteroatoms. The molecule has 2 heterocycles. The molecule has 0 saturated carbocycles. The Labute approximate surface area is 116 Å². The molecule has 1 fully saturated rings. The fraction of sp³-hybridized carbons (Fsp3) is 0.667. The third-order valence-electron chi connectivity index (χ3n) is 3.32. The number of rotatable bonds is 5. The molecule has 1 aromatic rings. The van der Waals surface area contributed by atoms with Crippen LogP contribution in [0.4, 0.5) is 0 Å². The lowest BCUT2D eigenvalue weighted by Gasteiger charge is -2.40. The Morgan fingerprint density at radius 1 is 1.50 bits per heavy atom. The first-order valence-corrected chi connectivity index (χ1v) is 6.58. The zero-order chi connectivity index (χ0) is 14.9. The molecular formula is C12H19N5O3. The number of hydrogen-bond acceptors (Lipinski definition) is 5. The molecule has 0 radical (unpaired) electrons. The Kier molecular flexibility index (Phi) is 4.03. The van der Waals surface area contributed by atoms with Gasteiger partial charge in [0.05, 0.1) is 18.3 Å². The fourth-order valence-corrected chi connectivity index (χ4v) is 2.20. The van der Waals surface area contributed by atoms with Gasteiger partial charge in [0.15, 0.2) is 5.69 Å². The first-order valence-electron chi connectivity index (χ1n) is 6.58. The molecule has 1 aliphatic rings. The van der Waals surface area contributed by atoms with E-state index < -0.39 is 12.0 Å². The number of carboxylic acid groups (broad SMARTS) is 1. The molecule has 1 aliphatic heterocycles. The number of amides is 1. The summed E-state index contributed by atoms with van der Waals surface area (Å²) in [7, 11) is 0. The Bertz CT molecular complexity index is 507. The minimum Gasteiger partial charge on any atom is -0.476 e. The summed E-state index contributed by atoms with van der Waals surface area (Å²) in [5.41, 5.74) is 5.76. The number of nitrogens with zero attached hydrogens (tertiary/aromatic N) is 4. The van der Waals surface area contributed by atoms with Gasteiger partial charge in [0.1, 0.15) is 0 Å². The fourth-order valence-electron chi connectivity index (χ4n) is 2.20. The summed E-state index contributed by atoms with van der Waals surface area (Å²) < 4.78 is 1.49. The predicted octanol–water partition coefficient (Wildman–Crippen LogP) is -0.267. The zero-order valence-electron chi connectivity index (χ0n) is 11.6. The smallest absolute Gasteiger partial charge is 0.358 e. The molecule has 0 aliphatic carbocycles. The van der Waals surface area contributed by atoms with E-state index in [0.29, 0.717) is 25.4 Å². The highest BCUT2D eigenvalue weighted by Gasteiger charge is 2.35. The second-order valence-electron chi connectivity index (χ2n) is 5.52. The monoisotopic (exact) mass is 281 g/mol. The highest BCUT2D eigenvalue weighted by Crippen LogP contribution is 2.21. The molecule has 20 heavy (non-hydrogen) atoms. The van der Waals surface area contributed by atoms with Gasteiger partial charge in [0.25, 0.3) is 0 Å². The van der Waals surface area contributed by atoms with Crippen LogP contribution in [0.25, 0.3) is 0 Å². The van der Waals surface area contributed by atoms with Gasteiger partial charge >= 0.3 is 5.97 Å². The predicted molar refractivity (Wildman–Crippen MR) is 70.0 cm³/mol. The van der Waals surface area contributed by atoms with Crippen LogP contribution in [0, 0.1) is 5.92 Å². The second-order valence-corrected chi connectivity index (χ2v) is 5.52. The number of aromatic nitrogens is 3. The Hall–Kier alpha value is -1.96. The average molecular weight is 281 g/mol. The number of carbonyl (C=O) groups excluding carboxylic acids is 1. The molecule has 1 saturated heterocycles. The van der Waals surface area contributed by atoms with Crippen LogP contribution < -0.4 is 5.73 Å². The summed E-state index contributed by atoms with van der Waals surface area (Å²) in [6, 6.07) is -0.493. The normalized spacial score (nSPS) is 17.1. The molecule has 2 rings (SSSR count). The Balaban J connectivity index is 1.87. The SMILES string of the molecule is CC(C)C[C@@H](N)C(=O)N1CC(n2cc(C(=O)O)nn2)C1. The lowest BCUT2D eigenvalue weighted by Crippen LogP contribution is -2.56. The largest absolute Gasteiger partial charge is 0.476 e. The molecule has 1 atom stereocenters. The van der Waals surface area contributed by atoms with Crippen molar-refractivity contribution in [3.8, 4) is 0 Å². The van der Waals surface area contributed by atoms with E-state index in [2.05, 4.69) is 10.3 Å². The molecule has 0 spiro atoms. The van der Waals surface area contributed by atoms with Crippen LogP contribution in [0.15, 0.2) is 6.20 Å². The van der Waals surface area contributed by atoms with E-state index in [-0.39, 0.29) is 17.6 Å². The molecule has 0 unspecified atom stereocenters. The van der Waals surface area contributed by atoms with E-state index in [1.165, 1.54) is 10.9 Å². The van der Waals surface area contributed by atoms with Crippen LogP contribution in [0.2, 0.25) is 0 Å². The Morgan fingerprint density at radius 3 is 2.65 bits per heavy atom. The zero-order valence-corrected chi connectivity index (χ0v) is 11.6. The minimum absolute atomic E-state index is 0.0224. The van der Waals surface area contributed by atoms with Crippen molar-refractivity contribution in [2.24, 2.45) is 11.7 Å². The van der Waals surface area contributed by atoms with Crippen molar-refractivity contribution in [2.75, 3.05) is 13.1 Å². The van der Waals surface area contributed by atoms with Gasteiger partial charge in [-0.25, -0.2) is 9.48 Å². The number of likely N-dealkylation sites (tertiary alicyclic amines) is 1. The number of carboxylic acids is 1. The quantitative estimate of drug-likeness (QED) is 0.768. The highest BCUT2D eigenvalue weighted by molar-refractivity contribution is 5.84. The van der Waals surface area contributed by atoms with Crippen molar-refractivity contribution < 1.29 is 14.7 Å². The van der Waals surface area contributed by atoms with Crippen molar-refractivity contribution in [1.29, 1.82) is 0 Å².